The van der Waals surface area contributed by atoms with Gasteiger partial charge in [0.15, 0.2) is 5.78 Å². The summed E-state index contributed by atoms with van der Waals surface area (Å²) < 4.78 is 10.7. The van der Waals surface area contributed by atoms with E-state index in [1.165, 1.54) is 60.0 Å². The van der Waals surface area contributed by atoms with E-state index in [0.717, 1.165) is 34.0 Å². The minimum Gasteiger partial charge on any atom is -0.481 e. The number of pyridine rings is 1. The maximum Gasteiger partial charge on any atom is 0.415 e. The van der Waals surface area contributed by atoms with E-state index in [9.17, 15) is 48.6 Å². The summed E-state index contributed by atoms with van der Waals surface area (Å²) in [7, 11) is 2.95. The number of ether oxygens (including phenoxy) is 2. The van der Waals surface area contributed by atoms with Crippen molar-refractivity contribution in [2.45, 2.75) is 96.9 Å². The molecule has 8 aromatic rings. The minimum absolute atomic E-state index is 0.0117. The number of amides is 4. The molecule has 468 valence electrons. The summed E-state index contributed by atoms with van der Waals surface area (Å²) in [6, 6.07) is 10.6. The zero-order valence-corrected chi connectivity index (χ0v) is 53.7. The van der Waals surface area contributed by atoms with E-state index in [0.29, 0.717) is 73.7 Å². The number of methoxy groups -OCH3 is 1. The molecule has 4 atom stereocenters. The summed E-state index contributed by atoms with van der Waals surface area (Å²) in [6.45, 7) is 6.61. The van der Waals surface area contributed by atoms with E-state index in [1.54, 1.807) is 52.7 Å². The van der Waals surface area contributed by atoms with Gasteiger partial charge in [-0.05, 0) is 50.3 Å². The van der Waals surface area contributed by atoms with E-state index in [4.69, 9.17) is 50.2 Å². The van der Waals surface area contributed by atoms with E-state index in [-0.39, 0.29) is 105 Å². The van der Waals surface area contributed by atoms with Crippen molar-refractivity contribution in [1.82, 2.24) is 50.8 Å². The van der Waals surface area contributed by atoms with Crippen LogP contribution < -0.4 is 26.6 Å². The number of nitrogens with one attached hydrogen (secondary N) is 3. The van der Waals surface area contributed by atoms with Crippen molar-refractivity contribution in [2.24, 2.45) is 11.7 Å². The molecule has 8 N–H and O–H groups in total. The van der Waals surface area contributed by atoms with Gasteiger partial charge in [-0.1, -0.05) is 44.2 Å². The highest BCUT2D eigenvalue weighted by atomic mass is 32.1. The second-order valence-corrected chi connectivity index (χ2v) is 26.2. The number of aliphatic carboxylic acids is 2. The second-order valence-electron chi connectivity index (χ2n) is 20.4. The van der Waals surface area contributed by atoms with Gasteiger partial charge in [-0.25, -0.2) is 39.7 Å². The molecule has 89 heavy (non-hydrogen) atoms. The lowest BCUT2D eigenvalue weighted by Crippen LogP contribution is -2.33. The molecule has 0 bridgehead atoms. The lowest BCUT2D eigenvalue weighted by atomic mass is 9.90. The van der Waals surface area contributed by atoms with Crippen LogP contribution in [-0.4, -0.2) is 131 Å². The molecule has 31 heteroatoms. The fourth-order valence-electron chi connectivity index (χ4n) is 8.81. The fourth-order valence-corrected chi connectivity index (χ4v) is 14.4. The Morgan fingerprint density at radius 3 is 2.12 bits per heavy atom. The average Bonchev–Trinajstić information content (AvgIpc) is 1.97. The second kappa shape index (κ2) is 30.9. The Balaban J connectivity index is 1.08. The van der Waals surface area contributed by atoms with Gasteiger partial charge < -0.3 is 46.5 Å². The standard InChI is InChI=1S/C58H62N12O13S6/c1-28(2)33(53-69-48(40(89-53)23-82-6)51(80)61-22-29(3)71)20-39(72)46-30(4)88-56(68-46)35(21-42(73)60-5)63-50(79)37-25-84-52(65-37)32-16-17-34(54-67-41(27-87-54)70(18-10-14-43(74)75)58(81)83-19-11-15-44(76)77)62-47(32)36-24-85-55(64-36)38-26-86-57(66-38)45(59)49(78)31-12-8-7-9-13-31/h7-9,12-13,16-17,24-28,33,35,45,49,78H,10-11,14-15,18-23,59H2,1-6H3,(H,60,73)(H,61,80)(H,63,79)(H,74,75)(H,76,77)/t33-,35+,45+,49+/m1/s1. The van der Waals surface area contributed by atoms with Crippen LogP contribution in [0.3, 0.4) is 0 Å². The number of hydrogen-bond acceptors (Lipinski definition) is 25. The largest absolute Gasteiger partial charge is 0.481 e. The lowest BCUT2D eigenvalue weighted by molar-refractivity contribution is -0.138. The number of hydrogen-bond donors (Lipinski definition) is 7. The molecule has 8 rings (SSSR count). The van der Waals surface area contributed by atoms with E-state index in [1.807, 2.05) is 32.0 Å². The number of ketones is 2. The van der Waals surface area contributed by atoms with Crippen molar-refractivity contribution < 1.29 is 63.1 Å². The zero-order chi connectivity index (χ0) is 64.1. The van der Waals surface area contributed by atoms with Crippen LogP contribution in [0.1, 0.15) is 145 Å². The molecule has 0 radical (unpaired) electrons. The van der Waals surface area contributed by atoms with Crippen LogP contribution in [0.4, 0.5) is 10.6 Å². The summed E-state index contributed by atoms with van der Waals surface area (Å²) in [5.41, 5.74) is 9.42. The van der Waals surface area contributed by atoms with Gasteiger partial charge in [0.1, 0.15) is 76.9 Å². The Morgan fingerprint density at radius 1 is 0.719 bits per heavy atom. The number of carbonyl (C=O) groups excluding carboxylic acids is 6. The van der Waals surface area contributed by atoms with Crippen molar-refractivity contribution in [3.8, 4) is 43.4 Å². The van der Waals surface area contributed by atoms with Gasteiger partial charge in [0.2, 0.25) is 5.91 Å². The number of nitrogens with two attached hydrogens (primary N) is 1. The van der Waals surface area contributed by atoms with E-state index in [2.05, 4.69) is 20.9 Å². The molecule has 7 heterocycles. The topological polar surface area (TPSA) is 371 Å². The van der Waals surface area contributed by atoms with Crippen molar-refractivity contribution >= 4 is 121 Å². The number of carboxylic acids is 2. The molecule has 0 fully saturated rings. The SMILES string of the molecule is CNC(=O)C[C@H](NC(=O)c1csc(-c2ccc(-c3nc(N(CCCC(=O)O)C(=O)OCCCC(=O)O)cs3)nc2-c2csc(-c3csc([C@@H](N)[C@@H](O)c4ccccc4)n3)n2)n1)c1nc(C(=O)C[C@@H](c2nc(C(=O)NCC(C)=O)c(COC)s2)C(C)C)c(C)s1. The van der Waals surface area contributed by atoms with Gasteiger partial charge in [0, 0.05) is 77.8 Å². The van der Waals surface area contributed by atoms with E-state index >= 15 is 0 Å². The number of aliphatic hydroxyl groups is 1. The number of anilines is 1. The predicted molar refractivity (Wildman–Crippen MR) is 338 cm³/mol. The molecular formula is C58H62N12O13S6. The molecule has 0 spiro atoms. The molecule has 0 aliphatic rings. The van der Waals surface area contributed by atoms with Gasteiger partial charge in [0.05, 0.1) is 53.8 Å². The number of aromatic nitrogens is 7. The monoisotopic (exact) mass is 1330 g/mol. The Labute approximate surface area is 533 Å². The molecule has 0 aliphatic carbocycles. The molecule has 25 nitrogen and oxygen atoms in total. The van der Waals surface area contributed by atoms with Crippen molar-refractivity contribution in [2.75, 3.05) is 38.8 Å². The first kappa shape index (κ1) is 66.9. The number of aliphatic hydroxyl groups excluding tert-OH is 1. The first-order valence-electron chi connectivity index (χ1n) is 27.6. The zero-order valence-electron chi connectivity index (χ0n) is 48.8. The van der Waals surface area contributed by atoms with E-state index < -0.39 is 59.9 Å². The first-order chi connectivity index (χ1) is 42.6. The molecule has 4 amide bonds. The van der Waals surface area contributed by atoms with Crippen molar-refractivity contribution in [3.05, 3.63) is 111 Å². The number of carbonyl (C=O) groups is 8. The van der Waals surface area contributed by atoms with Crippen LogP contribution in [0.15, 0.2) is 64.0 Å². The molecule has 0 aliphatic heterocycles. The van der Waals surface area contributed by atoms with Gasteiger partial charge in [-0.3, -0.25) is 38.5 Å². The third-order valence-electron chi connectivity index (χ3n) is 13.4. The predicted octanol–water partition coefficient (Wildman–Crippen LogP) is 9.29. The number of Topliss-reactive ketones (excluding diaryl/α,β-unsaturated/α-hetero) is 2. The van der Waals surface area contributed by atoms with Crippen molar-refractivity contribution in [3.63, 3.8) is 0 Å². The Kier molecular flexibility index (Phi) is 23.3. The molecule has 1 aromatic carbocycles. The van der Waals surface area contributed by atoms with Gasteiger partial charge in [-0.2, -0.15) is 0 Å². The van der Waals surface area contributed by atoms with Crippen molar-refractivity contribution in [1.29, 1.82) is 0 Å². The molecule has 0 saturated carbocycles. The highest BCUT2D eigenvalue weighted by molar-refractivity contribution is 7.15. The number of benzene rings is 1. The smallest absolute Gasteiger partial charge is 0.415 e. The third-order valence-corrected chi connectivity index (χ3v) is 19.2. The van der Waals surface area contributed by atoms with Crippen LogP contribution >= 0.6 is 68.0 Å². The minimum atomic E-state index is -1.07. The highest BCUT2D eigenvalue weighted by Gasteiger charge is 2.32. The maximum absolute atomic E-state index is 14.4. The van der Waals surface area contributed by atoms with Crippen LogP contribution in [0.5, 0.6) is 0 Å². The van der Waals surface area contributed by atoms with Gasteiger partial charge >= 0.3 is 18.0 Å². The molecule has 0 saturated heterocycles. The Morgan fingerprint density at radius 2 is 1.42 bits per heavy atom. The molecule has 7 aromatic heterocycles. The third kappa shape index (κ3) is 17.2. The van der Waals surface area contributed by atoms with Gasteiger partial charge in [0.25, 0.3) is 11.8 Å². The van der Waals surface area contributed by atoms with Crippen LogP contribution in [-0.2, 0) is 35.3 Å². The number of thiazole rings is 6. The molecular weight excluding hydrogens is 1270 g/mol. The number of nitrogens with zero attached hydrogens (tertiary/aromatic N) is 8. The lowest BCUT2D eigenvalue weighted by Gasteiger charge is -2.19. The van der Waals surface area contributed by atoms with Crippen LogP contribution in [0.2, 0.25) is 0 Å². The Hall–Kier alpha value is -8.01. The normalized spacial score (nSPS) is 12.7. The number of aryl methyl sites for hydroxylation is 1. The summed E-state index contributed by atoms with van der Waals surface area (Å²) in [5, 5.41) is 46.8. The maximum atomic E-state index is 14.4. The Bertz CT molecular complexity index is 3860. The van der Waals surface area contributed by atoms with Crippen LogP contribution in [0, 0.1) is 12.8 Å². The quantitative estimate of drug-likeness (QED) is 0.0157. The first-order valence-corrected chi connectivity index (χ1v) is 32.8. The van der Waals surface area contributed by atoms with Crippen LogP contribution in [0.25, 0.3) is 43.4 Å². The summed E-state index contributed by atoms with van der Waals surface area (Å²) in [6.07, 6.45) is -2.48. The summed E-state index contributed by atoms with van der Waals surface area (Å²) in [4.78, 5) is 138. The number of carboxylic acid groups (broad SMARTS) is 2. The van der Waals surface area contributed by atoms with Gasteiger partial charge in [-0.15, -0.1) is 68.0 Å². The highest BCUT2D eigenvalue weighted by Crippen LogP contribution is 2.41. The average molecular weight is 1330 g/mol. The molecule has 0 unspecified atom stereocenters. The fraction of sp³-hybridized carbons (Fsp3) is 0.362. The summed E-state index contributed by atoms with van der Waals surface area (Å²) >= 11 is 7.23. The summed E-state index contributed by atoms with van der Waals surface area (Å²) in [5.74, 6) is -4.68. The number of rotatable bonds is 31.